The number of carbonyl (C=O) groups is 2. The molecule has 3 saturated heterocycles. The van der Waals surface area contributed by atoms with Gasteiger partial charge in [0, 0.05) is 49.7 Å². The number of aliphatic hydroxyl groups is 4. The average Bonchev–Trinajstić information content (AvgIpc) is 3.55. The lowest BCUT2D eigenvalue weighted by molar-refractivity contribution is -0.293. The summed E-state index contributed by atoms with van der Waals surface area (Å²) in [5.41, 5.74) is -3.33. The zero-order chi connectivity index (χ0) is 36.1. The average molecular weight is 794 g/mol. The molecule has 0 aromatic heterocycles. The van der Waals surface area contributed by atoms with Crippen LogP contribution in [0.5, 0.6) is 0 Å². The molecule has 3 heterocycles. The largest absolute Gasteiger partial charge is 0.448 e. The van der Waals surface area contributed by atoms with Crippen molar-refractivity contribution in [2.24, 2.45) is 28.8 Å². The lowest BCUT2D eigenvalue weighted by Gasteiger charge is -2.46. The van der Waals surface area contributed by atoms with Crippen molar-refractivity contribution in [2.45, 2.75) is 132 Å². The van der Waals surface area contributed by atoms with E-state index >= 15 is 0 Å². The molecule has 14 atom stereocenters. The standard InChI is InChI=1S/C34H56IN3O10/c1-10-11-14-38(9)24-15-19(3)45-31(27(24)40)46-29-21(5)26(39)22(6)30(42)47-32(35)34(8,44)28(41)20(4)25(18(2)16-33(29,7)43)37-48-23-12-13-36-17-23/h1,18-24,27-29,31-32,36,40-41,43-44H,11-17H2,2-9H3/b37-25+/t18-,19-,20+,21+,22-,23-,24+,27-,28-,29-,31+,32+,33-,34+/m1/s1. The van der Waals surface area contributed by atoms with Crippen molar-refractivity contribution in [3.63, 3.8) is 0 Å². The van der Waals surface area contributed by atoms with Gasteiger partial charge in [-0.25, -0.2) is 0 Å². The summed E-state index contributed by atoms with van der Waals surface area (Å²) in [6, 6.07) is -0.369. The first-order valence-corrected chi connectivity index (χ1v) is 18.2. The Hall–Kier alpha value is -1.42. The van der Waals surface area contributed by atoms with Crippen LogP contribution < -0.4 is 5.32 Å². The molecule has 0 aromatic carbocycles. The number of cyclic esters (lactones) is 1. The van der Waals surface area contributed by atoms with Crippen LogP contribution >= 0.6 is 22.6 Å². The number of aliphatic hydroxyl groups excluding tert-OH is 2. The van der Waals surface area contributed by atoms with Gasteiger partial charge in [-0.3, -0.25) is 14.5 Å². The van der Waals surface area contributed by atoms with Gasteiger partial charge >= 0.3 is 5.97 Å². The summed E-state index contributed by atoms with van der Waals surface area (Å²) in [5.74, 6) is -2.59. The number of hydrogen-bond donors (Lipinski definition) is 5. The van der Waals surface area contributed by atoms with Gasteiger partial charge in [-0.15, -0.1) is 12.3 Å². The van der Waals surface area contributed by atoms with E-state index in [9.17, 15) is 30.0 Å². The van der Waals surface area contributed by atoms with Gasteiger partial charge in [0.1, 0.15) is 23.7 Å². The summed E-state index contributed by atoms with van der Waals surface area (Å²) in [5, 5.41) is 54.3. The Bertz CT molecular complexity index is 1170. The van der Waals surface area contributed by atoms with E-state index in [-0.39, 0.29) is 24.7 Å². The number of nitrogens with zero attached hydrogens (tertiary/aromatic N) is 2. The molecule has 48 heavy (non-hydrogen) atoms. The van der Waals surface area contributed by atoms with Crippen molar-refractivity contribution in [2.75, 3.05) is 26.7 Å². The SMILES string of the molecule is C#CCCN(C)[C@H]1C[C@@H](C)O[C@@H](O[C@@H]2[C@@H](C)C(=O)[C@@H](C)C(=O)O[C@H](I)[C@@](C)(O)[C@H](O)[C@@H](C)/C(=N/O[C@@H]3CCNC3)[C@H](C)C[C@@]2(C)O)[C@@H]1O. The second-order valence-corrected chi connectivity index (χ2v) is 15.6. The maximum atomic E-state index is 13.9. The minimum atomic E-state index is -1.94. The molecule has 0 bridgehead atoms. The normalized spacial score (nSPS) is 44.6. The highest BCUT2D eigenvalue weighted by Crippen LogP contribution is 2.37. The number of alkyl halides is 1. The molecule has 0 aromatic rings. The number of likely N-dealkylation sites (N-methyl/N-ethyl adjacent to an activating group) is 1. The molecule has 0 amide bonds. The minimum absolute atomic E-state index is 0.0179. The smallest absolute Gasteiger partial charge is 0.317 e. The van der Waals surface area contributed by atoms with Crippen LogP contribution in [0.15, 0.2) is 5.16 Å². The van der Waals surface area contributed by atoms with E-state index in [2.05, 4.69) is 16.4 Å². The predicted octanol–water partition coefficient (Wildman–Crippen LogP) is 1.61. The zero-order valence-electron chi connectivity index (χ0n) is 29.5. The Balaban J connectivity index is 2.06. The Morgan fingerprint density at radius 1 is 1.15 bits per heavy atom. The fraction of sp³-hybridized carbons (Fsp3) is 0.853. The molecule has 0 radical (unpaired) electrons. The van der Waals surface area contributed by atoms with Gasteiger partial charge in [0.05, 0.1) is 29.6 Å². The molecule has 0 spiro atoms. The van der Waals surface area contributed by atoms with Gasteiger partial charge in [-0.2, -0.15) is 0 Å². The molecular formula is C34H56IN3O10. The van der Waals surface area contributed by atoms with Crippen LogP contribution in [0.1, 0.15) is 74.1 Å². The third-order valence-corrected chi connectivity index (χ3v) is 11.6. The summed E-state index contributed by atoms with van der Waals surface area (Å²) >= 11 is 1.74. The number of terminal acetylenes is 1. The van der Waals surface area contributed by atoms with Crippen molar-refractivity contribution in [1.29, 1.82) is 0 Å². The van der Waals surface area contributed by atoms with Crippen molar-refractivity contribution in [3.8, 4) is 12.3 Å². The van der Waals surface area contributed by atoms with E-state index in [0.717, 1.165) is 13.0 Å². The van der Waals surface area contributed by atoms with Gasteiger partial charge in [-0.1, -0.05) is 25.9 Å². The lowest BCUT2D eigenvalue weighted by atomic mass is 9.75. The number of nitrogens with one attached hydrogen (secondary N) is 1. The number of oxime groups is 1. The molecule has 3 fully saturated rings. The summed E-state index contributed by atoms with van der Waals surface area (Å²) < 4.78 is 16.8. The first-order valence-electron chi connectivity index (χ1n) is 16.9. The van der Waals surface area contributed by atoms with Gasteiger partial charge in [0.15, 0.2) is 16.2 Å². The molecule has 3 rings (SSSR count). The monoisotopic (exact) mass is 793 g/mol. The van der Waals surface area contributed by atoms with E-state index in [0.29, 0.717) is 31.6 Å². The lowest BCUT2D eigenvalue weighted by Crippen LogP contribution is -2.59. The van der Waals surface area contributed by atoms with Gasteiger partial charge < -0.3 is 44.8 Å². The quantitative estimate of drug-likeness (QED) is 0.0630. The fourth-order valence-electron chi connectivity index (χ4n) is 7.03. The first kappa shape index (κ1) is 41.0. The van der Waals surface area contributed by atoms with E-state index in [1.165, 1.54) is 20.8 Å². The topological polar surface area (TPSA) is 180 Å². The van der Waals surface area contributed by atoms with Crippen LogP contribution in [-0.4, -0.2) is 128 Å². The molecule has 3 aliphatic rings. The highest BCUT2D eigenvalue weighted by atomic mass is 127. The first-order chi connectivity index (χ1) is 22.3. The van der Waals surface area contributed by atoms with E-state index in [1.807, 2.05) is 25.8 Å². The van der Waals surface area contributed by atoms with Crippen LogP contribution in [0.3, 0.4) is 0 Å². The maximum absolute atomic E-state index is 13.9. The number of rotatable bonds is 7. The highest BCUT2D eigenvalue weighted by Gasteiger charge is 2.51. The van der Waals surface area contributed by atoms with Crippen molar-refractivity contribution in [3.05, 3.63) is 0 Å². The zero-order valence-corrected chi connectivity index (χ0v) is 31.6. The number of ketones is 1. The highest BCUT2D eigenvalue weighted by molar-refractivity contribution is 14.1. The van der Waals surface area contributed by atoms with E-state index in [1.54, 1.807) is 36.4 Å². The summed E-state index contributed by atoms with van der Waals surface area (Å²) in [4.78, 5) is 35.0. The second-order valence-electron chi connectivity index (χ2n) is 14.4. The Labute approximate surface area is 298 Å². The molecule has 274 valence electrons. The Kier molecular flexibility index (Phi) is 14.7. The number of halogens is 1. The minimum Gasteiger partial charge on any atom is -0.448 e. The third kappa shape index (κ3) is 9.67. The number of ether oxygens (including phenoxy) is 3. The number of hydrogen-bond acceptors (Lipinski definition) is 13. The van der Waals surface area contributed by atoms with Crippen molar-refractivity contribution in [1.82, 2.24) is 10.2 Å². The van der Waals surface area contributed by atoms with Crippen LogP contribution in [-0.2, 0) is 28.6 Å². The predicted molar refractivity (Wildman–Crippen MR) is 187 cm³/mol. The second kappa shape index (κ2) is 17.2. The molecule has 14 heteroatoms. The van der Waals surface area contributed by atoms with Crippen molar-refractivity contribution < 1.29 is 49.1 Å². The number of esters is 1. The molecule has 0 saturated carbocycles. The number of carbonyl (C=O) groups excluding carboxylic acids is 2. The summed E-state index contributed by atoms with van der Waals surface area (Å²) in [6.07, 6.45) is 1.58. The maximum Gasteiger partial charge on any atom is 0.317 e. The molecular weight excluding hydrogens is 737 g/mol. The van der Waals surface area contributed by atoms with Gasteiger partial charge in [0.25, 0.3) is 0 Å². The van der Waals surface area contributed by atoms with E-state index in [4.69, 9.17) is 25.5 Å². The molecule has 13 nitrogen and oxygen atoms in total. The number of Topliss-reactive ketones (excluding diaryl/α,β-unsaturated/α-hetero) is 1. The molecule has 5 N–H and O–H groups in total. The Morgan fingerprint density at radius 2 is 1.81 bits per heavy atom. The van der Waals surface area contributed by atoms with Crippen LogP contribution in [0.2, 0.25) is 0 Å². The molecule has 0 aliphatic carbocycles. The fourth-order valence-corrected chi connectivity index (χ4v) is 7.65. The Morgan fingerprint density at radius 3 is 2.42 bits per heavy atom. The van der Waals surface area contributed by atoms with Gasteiger partial charge in [0.2, 0.25) is 0 Å². The summed E-state index contributed by atoms with van der Waals surface area (Å²) in [7, 11) is 1.86. The summed E-state index contributed by atoms with van der Waals surface area (Å²) in [6.45, 7) is 13.1. The van der Waals surface area contributed by atoms with Crippen LogP contribution in [0.4, 0.5) is 0 Å². The van der Waals surface area contributed by atoms with Crippen LogP contribution in [0.25, 0.3) is 0 Å². The molecule has 3 aliphatic heterocycles. The third-order valence-electron chi connectivity index (χ3n) is 10.1. The van der Waals surface area contributed by atoms with E-state index < -0.39 is 75.3 Å². The van der Waals surface area contributed by atoms with Crippen molar-refractivity contribution >= 4 is 40.1 Å². The molecule has 0 unspecified atom stereocenters. The van der Waals surface area contributed by atoms with Crippen LogP contribution in [0, 0.1) is 36.0 Å². The van der Waals surface area contributed by atoms with Gasteiger partial charge in [-0.05, 0) is 76.7 Å².